The van der Waals surface area contributed by atoms with E-state index < -0.39 is 11.9 Å². The van der Waals surface area contributed by atoms with Gasteiger partial charge in [-0.3, -0.25) is 4.79 Å². The second kappa shape index (κ2) is 13.3. The van der Waals surface area contributed by atoms with Crippen LogP contribution in [0.4, 0.5) is 0 Å². The van der Waals surface area contributed by atoms with Gasteiger partial charge in [0.25, 0.3) is 5.91 Å². The van der Waals surface area contributed by atoms with Crippen molar-refractivity contribution < 1.29 is 33.3 Å². The summed E-state index contributed by atoms with van der Waals surface area (Å²) in [4.78, 5) is 23.8. The number of nitrogens with zero attached hydrogens (tertiary/aromatic N) is 1. The van der Waals surface area contributed by atoms with E-state index in [2.05, 4.69) is 5.32 Å². The fraction of sp³-hybridized carbons (Fsp3) is 0.292. The van der Waals surface area contributed by atoms with Gasteiger partial charge in [-0.25, -0.2) is 4.79 Å². The number of ether oxygens (including phenoxy) is 5. The molecule has 174 valence electrons. The van der Waals surface area contributed by atoms with Gasteiger partial charge in [0.15, 0.2) is 36.2 Å². The SMILES string of the molecule is COc1ccc(CCNC(=O)COC(=O)/C=C/c2ccc(OCC#N)c(OC)c2)cc1OC. The molecule has 2 aromatic rings. The highest BCUT2D eigenvalue weighted by Crippen LogP contribution is 2.29. The molecule has 0 atom stereocenters. The van der Waals surface area contributed by atoms with Crippen molar-refractivity contribution in [3.8, 4) is 29.1 Å². The molecule has 0 aliphatic rings. The number of methoxy groups -OCH3 is 3. The molecule has 1 N–H and O–H groups in total. The van der Waals surface area contributed by atoms with Gasteiger partial charge in [0.1, 0.15) is 6.07 Å². The van der Waals surface area contributed by atoms with E-state index in [-0.39, 0.29) is 13.2 Å². The first-order valence-corrected chi connectivity index (χ1v) is 10.0. The van der Waals surface area contributed by atoms with Crippen LogP contribution >= 0.6 is 0 Å². The van der Waals surface area contributed by atoms with Crippen LogP contribution < -0.4 is 24.3 Å². The lowest BCUT2D eigenvalue weighted by Gasteiger charge is -2.10. The normalized spacial score (nSPS) is 10.2. The number of carbonyl (C=O) groups excluding carboxylic acids is 2. The molecule has 0 unspecified atom stereocenters. The molecule has 2 aromatic carbocycles. The molecule has 9 heteroatoms. The third-order valence-electron chi connectivity index (χ3n) is 4.42. The maximum Gasteiger partial charge on any atom is 0.331 e. The van der Waals surface area contributed by atoms with Crippen LogP contribution in [-0.2, 0) is 20.7 Å². The van der Waals surface area contributed by atoms with E-state index in [1.165, 1.54) is 19.3 Å². The molecule has 0 saturated heterocycles. The number of rotatable bonds is 12. The zero-order valence-corrected chi connectivity index (χ0v) is 18.8. The van der Waals surface area contributed by atoms with Crippen LogP contribution in [0.5, 0.6) is 23.0 Å². The number of benzene rings is 2. The number of esters is 1. The fourth-order valence-corrected chi connectivity index (χ4v) is 2.80. The van der Waals surface area contributed by atoms with Crippen LogP contribution in [0.1, 0.15) is 11.1 Å². The first-order chi connectivity index (χ1) is 16.0. The first-order valence-electron chi connectivity index (χ1n) is 10.0. The van der Waals surface area contributed by atoms with E-state index in [9.17, 15) is 9.59 Å². The molecule has 2 rings (SSSR count). The van der Waals surface area contributed by atoms with Crippen LogP contribution in [0.2, 0.25) is 0 Å². The Balaban J connectivity index is 1.77. The molecule has 0 aliphatic carbocycles. The van der Waals surface area contributed by atoms with Crippen LogP contribution in [0.15, 0.2) is 42.5 Å². The standard InChI is InChI=1S/C24H26N2O7/c1-29-19-7-4-18(15-21(19)30-2)10-12-26-23(27)16-33-24(28)9-6-17-5-8-20(32-13-11-25)22(14-17)31-3/h4-9,14-15H,10,12-13,16H2,1-3H3,(H,26,27)/b9-6+. The lowest BCUT2D eigenvalue weighted by atomic mass is 10.1. The van der Waals surface area contributed by atoms with Crippen molar-refractivity contribution >= 4 is 18.0 Å². The average molecular weight is 454 g/mol. The smallest absolute Gasteiger partial charge is 0.331 e. The molecule has 0 aromatic heterocycles. The third-order valence-corrected chi connectivity index (χ3v) is 4.42. The summed E-state index contributed by atoms with van der Waals surface area (Å²) >= 11 is 0. The first kappa shape index (κ1) is 25.1. The quantitative estimate of drug-likeness (QED) is 0.384. The van der Waals surface area contributed by atoms with Crippen molar-refractivity contribution in [2.75, 3.05) is 41.1 Å². The molecular weight excluding hydrogens is 428 g/mol. The molecule has 0 heterocycles. The predicted molar refractivity (Wildman–Crippen MR) is 120 cm³/mol. The molecule has 0 fully saturated rings. The minimum Gasteiger partial charge on any atom is -0.493 e. The Hall–Kier alpha value is -4.19. The zero-order valence-electron chi connectivity index (χ0n) is 18.8. The maximum absolute atomic E-state index is 11.9. The second-order valence-electron chi connectivity index (χ2n) is 6.59. The summed E-state index contributed by atoms with van der Waals surface area (Å²) in [6.45, 7) is -0.116. The molecule has 1 amide bonds. The Bertz CT molecular complexity index is 1030. The van der Waals surface area contributed by atoms with Crippen LogP contribution in [0, 0.1) is 11.3 Å². The van der Waals surface area contributed by atoms with Gasteiger partial charge < -0.3 is 29.0 Å². The highest BCUT2D eigenvalue weighted by Gasteiger charge is 2.08. The van der Waals surface area contributed by atoms with E-state index in [0.29, 0.717) is 41.5 Å². The Morgan fingerprint density at radius 1 is 0.970 bits per heavy atom. The van der Waals surface area contributed by atoms with E-state index in [1.807, 2.05) is 18.2 Å². The number of nitriles is 1. The second-order valence-corrected chi connectivity index (χ2v) is 6.59. The Morgan fingerprint density at radius 2 is 1.67 bits per heavy atom. The molecule has 0 saturated carbocycles. The van der Waals surface area contributed by atoms with Gasteiger partial charge in [0.2, 0.25) is 0 Å². The lowest BCUT2D eigenvalue weighted by molar-refractivity contribution is -0.143. The van der Waals surface area contributed by atoms with Crippen molar-refractivity contribution in [2.24, 2.45) is 0 Å². The number of hydrogen-bond acceptors (Lipinski definition) is 8. The molecule has 9 nitrogen and oxygen atoms in total. The van der Waals surface area contributed by atoms with Gasteiger partial charge in [-0.2, -0.15) is 5.26 Å². The van der Waals surface area contributed by atoms with Gasteiger partial charge in [-0.1, -0.05) is 12.1 Å². The maximum atomic E-state index is 11.9. The van der Waals surface area contributed by atoms with Gasteiger partial charge in [0, 0.05) is 12.6 Å². The van der Waals surface area contributed by atoms with E-state index in [4.69, 9.17) is 28.9 Å². The summed E-state index contributed by atoms with van der Waals surface area (Å²) in [5, 5.41) is 11.3. The van der Waals surface area contributed by atoms with E-state index in [1.54, 1.807) is 38.5 Å². The van der Waals surface area contributed by atoms with E-state index >= 15 is 0 Å². The topological polar surface area (TPSA) is 116 Å². The predicted octanol–water partition coefficient (Wildman–Crippen LogP) is 2.53. The highest BCUT2D eigenvalue weighted by molar-refractivity contribution is 5.89. The minimum atomic E-state index is -0.659. The number of hydrogen-bond donors (Lipinski definition) is 1. The van der Waals surface area contributed by atoms with Crippen molar-refractivity contribution in [1.82, 2.24) is 5.32 Å². The minimum absolute atomic E-state index is 0.103. The summed E-state index contributed by atoms with van der Waals surface area (Å²) in [6, 6.07) is 12.4. The Morgan fingerprint density at radius 3 is 2.36 bits per heavy atom. The number of carbonyl (C=O) groups is 2. The van der Waals surface area contributed by atoms with Crippen molar-refractivity contribution in [3.63, 3.8) is 0 Å². The van der Waals surface area contributed by atoms with Gasteiger partial charge in [-0.15, -0.1) is 0 Å². The third kappa shape index (κ3) is 8.10. The average Bonchev–Trinajstić information content (AvgIpc) is 2.84. The molecule has 0 bridgehead atoms. The molecule has 0 aliphatic heterocycles. The Kier molecular flexibility index (Phi) is 10.1. The lowest BCUT2D eigenvalue weighted by Crippen LogP contribution is -2.30. The molecule has 0 radical (unpaired) electrons. The largest absolute Gasteiger partial charge is 0.493 e. The molecule has 33 heavy (non-hydrogen) atoms. The summed E-state index contributed by atoms with van der Waals surface area (Å²) in [5.41, 5.74) is 1.62. The summed E-state index contributed by atoms with van der Waals surface area (Å²) in [7, 11) is 4.60. The number of nitrogens with one attached hydrogen (secondary N) is 1. The fourth-order valence-electron chi connectivity index (χ4n) is 2.80. The summed E-state index contributed by atoms with van der Waals surface area (Å²) in [6.07, 6.45) is 3.31. The zero-order chi connectivity index (χ0) is 24.1. The summed E-state index contributed by atoms with van der Waals surface area (Å²) < 4.78 is 25.9. The van der Waals surface area contributed by atoms with Crippen molar-refractivity contribution in [1.29, 1.82) is 5.26 Å². The van der Waals surface area contributed by atoms with Crippen molar-refractivity contribution in [3.05, 3.63) is 53.6 Å². The van der Waals surface area contributed by atoms with Crippen LogP contribution in [-0.4, -0.2) is 53.0 Å². The van der Waals surface area contributed by atoms with Gasteiger partial charge in [-0.05, 0) is 47.9 Å². The van der Waals surface area contributed by atoms with Crippen LogP contribution in [0.25, 0.3) is 6.08 Å². The van der Waals surface area contributed by atoms with Crippen LogP contribution in [0.3, 0.4) is 0 Å². The van der Waals surface area contributed by atoms with Gasteiger partial charge >= 0.3 is 5.97 Å². The highest BCUT2D eigenvalue weighted by atomic mass is 16.5. The number of amides is 1. The molecule has 0 spiro atoms. The van der Waals surface area contributed by atoms with Crippen molar-refractivity contribution in [2.45, 2.75) is 6.42 Å². The van der Waals surface area contributed by atoms with Gasteiger partial charge in [0.05, 0.1) is 21.3 Å². The summed E-state index contributed by atoms with van der Waals surface area (Å²) in [5.74, 6) is 1.03. The Labute approximate surface area is 192 Å². The monoisotopic (exact) mass is 454 g/mol. The van der Waals surface area contributed by atoms with E-state index in [0.717, 1.165) is 5.56 Å². The molecular formula is C24H26N2O7.